The summed E-state index contributed by atoms with van der Waals surface area (Å²) in [5.74, 6) is -2.16. The van der Waals surface area contributed by atoms with Gasteiger partial charge in [-0.1, -0.05) is 55.5 Å². The number of β-lactam (4-membered cyclic amide) rings is 1. The van der Waals surface area contributed by atoms with Crippen LogP contribution in [0.4, 0.5) is 0 Å². The van der Waals surface area contributed by atoms with Crippen molar-refractivity contribution in [2.75, 3.05) is 6.61 Å². The van der Waals surface area contributed by atoms with Crippen molar-refractivity contribution >= 4 is 23.2 Å². The summed E-state index contributed by atoms with van der Waals surface area (Å²) in [4.78, 5) is 37.1. The Labute approximate surface area is 223 Å². The molecule has 6 nitrogen and oxygen atoms in total. The second-order valence-corrected chi connectivity index (χ2v) is 7.87. The summed E-state index contributed by atoms with van der Waals surface area (Å²) in [5, 5.41) is 21.1. The number of amides is 1. The molecule has 2 aliphatic heterocycles. The number of fused-ring (bicyclic) bond motifs is 1. The molecule has 0 bridgehead atoms. The van der Waals surface area contributed by atoms with Crippen LogP contribution in [0.15, 0.2) is 54.2 Å². The summed E-state index contributed by atoms with van der Waals surface area (Å²) in [5.41, 5.74) is 3.79. The Kier molecular flexibility index (Phi) is 7.35. The number of aliphatic hydroxyl groups is 1. The first-order chi connectivity index (χ1) is 14.3. The number of Topliss-reactive ketones (excluding diaryl/α,β-unsaturated/α-hetero) is 1. The number of hydrogen-bond acceptors (Lipinski definition) is 5. The molecule has 4 rings (SSSR count). The van der Waals surface area contributed by atoms with Crippen molar-refractivity contribution in [2.24, 2.45) is 11.8 Å². The van der Waals surface area contributed by atoms with E-state index in [1.807, 2.05) is 43.3 Å². The maximum absolute atomic E-state index is 12.5. The van der Waals surface area contributed by atoms with E-state index >= 15 is 0 Å². The number of aliphatic carboxylic acids is 1. The molecule has 0 unspecified atom stereocenters. The molecule has 2 aromatic rings. The molecule has 2 heterocycles. The van der Waals surface area contributed by atoms with Crippen LogP contribution in [-0.4, -0.2) is 40.3 Å². The van der Waals surface area contributed by atoms with Crippen LogP contribution < -0.4 is 56.5 Å². The van der Waals surface area contributed by atoms with Crippen LogP contribution in [0.1, 0.15) is 36.2 Å². The normalized spacial score (nSPS) is 22.0. The zero-order valence-corrected chi connectivity index (χ0v) is 20.9. The molecule has 0 radical (unpaired) electrons. The van der Waals surface area contributed by atoms with E-state index in [9.17, 15) is 24.6 Å². The van der Waals surface area contributed by atoms with Gasteiger partial charge in [-0.25, -0.2) is 0 Å². The molecule has 1 N–H and O–H groups in total. The van der Waals surface area contributed by atoms with E-state index in [0.717, 1.165) is 16.7 Å². The van der Waals surface area contributed by atoms with Crippen LogP contribution in [0.5, 0.6) is 0 Å². The van der Waals surface area contributed by atoms with Gasteiger partial charge in [0.1, 0.15) is 0 Å². The molecule has 1 fully saturated rings. The van der Waals surface area contributed by atoms with Gasteiger partial charge in [0.15, 0.2) is 5.78 Å². The largest absolute Gasteiger partial charge is 1.00 e. The van der Waals surface area contributed by atoms with E-state index in [4.69, 9.17) is 0 Å². The second kappa shape index (κ2) is 9.48. The molecule has 2 aliphatic rings. The number of carbonyl (C=O) groups excluding carboxylic acids is 3. The molecular weight excluding hydrogens is 421 g/mol. The Hall–Kier alpha value is -1.61. The van der Waals surface area contributed by atoms with Gasteiger partial charge >= 0.3 is 51.4 Å². The molecular formula is C24H22KNO5. The number of carboxylic acids is 1. The quantitative estimate of drug-likeness (QED) is 0.347. The molecule has 0 saturated carbocycles. The predicted octanol–water partition coefficient (Wildman–Crippen LogP) is -1.12. The number of nitrogens with zero attached hydrogens (tertiary/aromatic N) is 1. The molecule has 0 spiro atoms. The maximum atomic E-state index is 12.5. The van der Waals surface area contributed by atoms with Gasteiger partial charge in [-0.3, -0.25) is 9.59 Å². The third-order valence-electron chi connectivity index (χ3n) is 6.18. The molecule has 2 aromatic carbocycles. The van der Waals surface area contributed by atoms with E-state index in [1.54, 1.807) is 12.1 Å². The summed E-state index contributed by atoms with van der Waals surface area (Å²) < 4.78 is 0. The van der Waals surface area contributed by atoms with E-state index in [0.29, 0.717) is 17.6 Å². The number of aliphatic hydroxyl groups excluding tert-OH is 1. The van der Waals surface area contributed by atoms with Gasteiger partial charge < -0.3 is 19.9 Å². The third kappa shape index (κ3) is 4.11. The Morgan fingerprint density at radius 1 is 1.00 bits per heavy atom. The van der Waals surface area contributed by atoms with Crippen molar-refractivity contribution in [3.05, 3.63) is 65.4 Å². The fourth-order valence-electron chi connectivity index (χ4n) is 4.70. The van der Waals surface area contributed by atoms with Crippen molar-refractivity contribution < 1.29 is 76.0 Å². The van der Waals surface area contributed by atoms with Crippen molar-refractivity contribution in [2.45, 2.75) is 26.3 Å². The minimum atomic E-state index is -1.36. The number of benzene rings is 2. The first-order valence-electron chi connectivity index (χ1n) is 9.96. The Balaban J connectivity index is 0.00000272. The number of ketones is 1. The van der Waals surface area contributed by atoms with E-state index in [2.05, 4.69) is 0 Å². The Bertz CT molecular complexity index is 1060. The topological polar surface area (TPSA) is 97.7 Å². The SMILES string of the molecule is CC(=O)c1ccc(-c2ccc(C3=C(C(=O)[O-])N4C(=O)[C@@H](CCO)[C@H]4[C@H]3C)cc2)cc1.[K+]. The number of carbonyl (C=O) groups is 3. The van der Waals surface area contributed by atoms with Crippen molar-refractivity contribution in [3.8, 4) is 11.1 Å². The molecule has 1 amide bonds. The van der Waals surface area contributed by atoms with Crippen LogP contribution >= 0.6 is 0 Å². The summed E-state index contributed by atoms with van der Waals surface area (Å²) >= 11 is 0. The zero-order valence-electron chi connectivity index (χ0n) is 17.8. The molecule has 31 heavy (non-hydrogen) atoms. The monoisotopic (exact) mass is 443 g/mol. The standard InChI is InChI=1S/C24H23NO5.K/c1-13-20(22(24(29)30)25-21(13)19(11-12-26)23(25)28)18-9-7-17(8-10-18)16-5-3-15(4-6-16)14(2)27;/h3-10,13,19,21,26H,11-12H2,1-2H3,(H,29,30);/q;+1/p-1/t13-,19-,21+;/m0./s1. The average molecular weight is 444 g/mol. The minimum absolute atomic E-state index is 0. The van der Waals surface area contributed by atoms with Crippen LogP contribution in [0.3, 0.4) is 0 Å². The van der Waals surface area contributed by atoms with E-state index in [1.165, 1.54) is 11.8 Å². The van der Waals surface area contributed by atoms with E-state index in [-0.39, 0.29) is 93.3 Å². The Morgan fingerprint density at radius 2 is 1.52 bits per heavy atom. The average Bonchev–Trinajstić information content (AvgIpc) is 3.01. The second-order valence-electron chi connectivity index (χ2n) is 7.87. The molecule has 0 aromatic heterocycles. The number of hydrogen-bond donors (Lipinski definition) is 1. The summed E-state index contributed by atoms with van der Waals surface area (Å²) in [7, 11) is 0. The van der Waals surface area contributed by atoms with Gasteiger partial charge in [0.05, 0.1) is 23.6 Å². The van der Waals surface area contributed by atoms with Gasteiger partial charge in [0, 0.05) is 18.1 Å². The molecule has 154 valence electrons. The summed E-state index contributed by atoms with van der Waals surface area (Å²) in [6, 6.07) is 14.5. The van der Waals surface area contributed by atoms with Gasteiger partial charge in [-0.15, -0.1) is 0 Å². The molecule has 0 aliphatic carbocycles. The zero-order chi connectivity index (χ0) is 21.6. The van der Waals surface area contributed by atoms with Gasteiger partial charge in [-0.05, 0) is 35.6 Å². The van der Waals surface area contributed by atoms with Gasteiger partial charge in [-0.2, -0.15) is 0 Å². The van der Waals surface area contributed by atoms with E-state index < -0.39 is 5.97 Å². The smallest absolute Gasteiger partial charge is 0.543 e. The third-order valence-corrected chi connectivity index (χ3v) is 6.18. The fourth-order valence-corrected chi connectivity index (χ4v) is 4.70. The minimum Gasteiger partial charge on any atom is -0.543 e. The first kappa shape index (κ1) is 24.0. The van der Waals surface area contributed by atoms with Crippen molar-refractivity contribution in [3.63, 3.8) is 0 Å². The van der Waals surface area contributed by atoms with Crippen LogP contribution in [0.25, 0.3) is 16.7 Å². The number of rotatable bonds is 6. The van der Waals surface area contributed by atoms with Crippen molar-refractivity contribution in [1.82, 2.24) is 4.90 Å². The molecule has 3 atom stereocenters. The van der Waals surface area contributed by atoms with Crippen LogP contribution in [0, 0.1) is 11.8 Å². The van der Waals surface area contributed by atoms with Crippen LogP contribution in [-0.2, 0) is 9.59 Å². The number of carboxylic acid groups (broad SMARTS) is 1. The summed E-state index contributed by atoms with van der Waals surface area (Å²) in [6.45, 7) is 3.32. The van der Waals surface area contributed by atoms with Gasteiger partial charge in [0.2, 0.25) is 5.91 Å². The van der Waals surface area contributed by atoms with Crippen molar-refractivity contribution in [1.29, 1.82) is 0 Å². The summed E-state index contributed by atoms with van der Waals surface area (Å²) in [6.07, 6.45) is 0.327. The molecule has 7 heteroatoms. The Morgan fingerprint density at radius 3 is 2.00 bits per heavy atom. The first-order valence-corrected chi connectivity index (χ1v) is 9.96. The fraction of sp³-hybridized carbons (Fsp3) is 0.292. The predicted molar refractivity (Wildman–Crippen MR) is 109 cm³/mol. The molecule has 1 saturated heterocycles. The maximum Gasteiger partial charge on any atom is 1.00 e. The van der Waals surface area contributed by atoms with Gasteiger partial charge in [0.25, 0.3) is 0 Å². The van der Waals surface area contributed by atoms with Crippen LogP contribution in [0.2, 0.25) is 0 Å².